The van der Waals surface area contributed by atoms with Crippen LogP contribution in [0.2, 0.25) is 5.02 Å². The average molecular weight is 366 g/mol. The lowest BCUT2D eigenvalue weighted by molar-refractivity contribution is -0.131. The molecular weight excluding hydrogens is 342 g/mol. The molecule has 0 aliphatic carbocycles. The summed E-state index contributed by atoms with van der Waals surface area (Å²) in [4.78, 5) is 38.2. The molecule has 0 aromatic heterocycles. The van der Waals surface area contributed by atoms with Gasteiger partial charge in [-0.2, -0.15) is 0 Å². The molecular formula is C18H24ClN3O3. The van der Waals surface area contributed by atoms with Crippen molar-refractivity contribution in [3.05, 3.63) is 34.9 Å². The Labute approximate surface area is 152 Å². The van der Waals surface area contributed by atoms with Crippen LogP contribution in [0.25, 0.3) is 0 Å². The molecule has 0 saturated carbocycles. The van der Waals surface area contributed by atoms with Crippen LogP contribution in [0.1, 0.15) is 37.0 Å². The van der Waals surface area contributed by atoms with Gasteiger partial charge in [0.25, 0.3) is 5.91 Å². The molecule has 1 aromatic carbocycles. The first kappa shape index (κ1) is 19.2. The molecule has 136 valence electrons. The summed E-state index contributed by atoms with van der Waals surface area (Å²) in [6.45, 7) is 5.08. The lowest BCUT2D eigenvalue weighted by atomic mass is 9.95. The number of carbonyl (C=O) groups excluding carboxylic acids is 3. The second kappa shape index (κ2) is 8.85. The Bertz CT molecular complexity index is 625. The van der Waals surface area contributed by atoms with E-state index in [2.05, 4.69) is 10.6 Å². The Hall–Kier alpha value is -2.08. The number of rotatable bonds is 5. The predicted molar refractivity (Wildman–Crippen MR) is 96.4 cm³/mol. The Morgan fingerprint density at radius 3 is 2.36 bits per heavy atom. The highest BCUT2D eigenvalue weighted by atomic mass is 35.5. The first-order chi connectivity index (χ1) is 11.9. The number of nitrogens with one attached hydrogen (secondary N) is 2. The van der Waals surface area contributed by atoms with Gasteiger partial charge in [0, 0.05) is 36.1 Å². The largest absolute Gasteiger partial charge is 0.355 e. The molecule has 1 aliphatic heterocycles. The molecule has 3 amide bonds. The minimum atomic E-state index is -0.554. The second-order valence-corrected chi connectivity index (χ2v) is 6.63. The summed E-state index contributed by atoms with van der Waals surface area (Å²) in [6.07, 6.45) is 1.18. The van der Waals surface area contributed by atoms with Crippen LogP contribution in [0.5, 0.6) is 0 Å². The normalized spacial score (nSPS) is 16.2. The number of amides is 3. The lowest BCUT2D eigenvalue weighted by Gasteiger charge is -2.32. The summed E-state index contributed by atoms with van der Waals surface area (Å²) in [7, 11) is 0. The van der Waals surface area contributed by atoms with Crippen molar-refractivity contribution >= 4 is 29.3 Å². The Morgan fingerprint density at radius 1 is 1.20 bits per heavy atom. The van der Waals surface area contributed by atoms with Gasteiger partial charge in [-0.3, -0.25) is 14.4 Å². The fourth-order valence-corrected chi connectivity index (χ4v) is 2.97. The van der Waals surface area contributed by atoms with Crippen LogP contribution >= 0.6 is 11.6 Å². The second-order valence-electron chi connectivity index (χ2n) is 6.20. The molecule has 0 radical (unpaired) electrons. The van der Waals surface area contributed by atoms with Gasteiger partial charge in [0.2, 0.25) is 11.8 Å². The van der Waals surface area contributed by atoms with Crippen LogP contribution < -0.4 is 10.6 Å². The molecule has 0 unspecified atom stereocenters. The van der Waals surface area contributed by atoms with Crippen molar-refractivity contribution in [2.24, 2.45) is 5.92 Å². The van der Waals surface area contributed by atoms with E-state index in [0.29, 0.717) is 43.1 Å². The van der Waals surface area contributed by atoms with Gasteiger partial charge in [-0.15, -0.1) is 0 Å². The van der Waals surface area contributed by atoms with E-state index in [-0.39, 0.29) is 23.6 Å². The maximum absolute atomic E-state index is 12.5. The molecule has 0 spiro atoms. The van der Waals surface area contributed by atoms with Crippen LogP contribution in [0.3, 0.4) is 0 Å². The summed E-state index contributed by atoms with van der Waals surface area (Å²) >= 11 is 5.84. The molecule has 6 nitrogen and oxygen atoms in total. The third-order valence-electron chi connectivity index (χ3n) is 4.35. The highest BCUT2D eigenvalue weighted by Gasteiger charge is 2.29. The molecule has 25 heavy (non-hydrogen) atoms. The lowest BCUT2D eigenvalue weighted by Crippen LogP contribution is -2.49. The first-order valence-corrected chi connectivity index (χ1v) is 8.93. The number of benzene rings is 1. The minimum absolute atomic E-state index is 0.0498. The third-order valence-corrected chi connectivity index (χ3v) is 4.60. The van der Waals surface area contributed by atoms with Crippen molar-refractivity contribution in [2.45, 2.75) is 32.7 Å². The topological polar surface area (TPSA) is 78.5 Å². The number of carbonyl (C=O) groups is 3. The van der Waals surface area contributed by atoms with Gasteiger partial charge in [0.15, 0.2) is 0 Å². The van der Waals surface area contributed by atoms with Crippen LogP contribution in [0.15, 0.2) is 24.3 Å². The van der Waals surface area contributed by atoms with Crippen LogP contribution in [-0.2, 0) is 9.59 Å². The number of halogens is 1. The number of nitrogens with zero attached hydrogens (tertiary/aromatic N) is 1. The molecule has 7 heteroatoms. The highest BCUT2D eigenvalue weighted by Crippen LogP contribution is 2.20. The third kappa shape index (κ3) is 5.19. The Morgan fingerprint density at radius 2 is 1.80 bits per heavy atom. The quantitative estimate of drug-likeness (QED) is 0.835. The van der Waals surface area contributed by atoms with Gasteiger partial charge in [-0.05, 0) is 51.0 Å². The van der Waals surface area contributed by atoms with E-state index in [1.807, 2.05) is 6.92 Å². The van der Waals surface area contributed by atoms with E-state index in [9.17, 15) is 14.4 Å². The molecule has 1 fully saturated rings. The molecule has 2 N–H and O–H groups in total. The van der Waals surface area contributed by atoms with Gasteiger partial charge in [0.1, 0.15) is 6.04 Å². The Kier molecular flexibility index (Phi) is 6.82. The van der Waals surface area contributed by atoms with E-state index >= 15 is 0 Å². The summed E-state index contributed by atoms with van der Waals surface area (Å²) in [6, 6.07) is 6.24. The van der Waals surface area contributed by atoms with Crippen molar-refractivity contribution in [1.82, 2.24) is 15.5 Å². The number of piperidine rings is 1. The van der Waals surface area contributed by atoms with Gasteiger partial charge < -0.3 is 15.5 Å². The van der Waals surface area contributed by atoms with E-state index in [4.69, 9.17) is 11.6 Å². The fraction of sp³-hybridized carbons (Fsp3) is 0.500. The van der Waals surface area contributed by atoms with Crippen molar-refractivity contribution in [3.63, 3.8) is 0 Å². The Balaban J connectivity index is 1.84. The van der Waals surface area contributed by atoms with Gasteiger partial charge >= 0.3 is 0 Å². The average Bonchev–Trinajstić information content (AvgIpc) is 2.62. The van der Waals surface area contributed by atoms with Crippen molar-refractivity contribution in [3.8, 4) is 0 Å². The van der Waals surface area contributed by atoms with Gasteiger partial charge in [-0.25, -0.2) is 0 Å². The monoisotopic (exact) mass is 365 g/mol. The van der Waals surface area contributed by atoms with Crippen LogP contribution in [-0.4, -0.2) is 48.3 Å². The number of likely N-dealkylation sites (N-methyl/N-ethyl adjacent to an activating group) is 1. The first-order valence-electron chi connectivity index (χ1n) is 8.55. The molecule has 1 heterocycles. The summed E-state index contributed by atoms with van der Waals surface area (Å²) in [5.41, 5.74) is 0.595. The molecule has 1 atom stereocenters. The maximum atomic E-state index is 12.5. The van der Waals surface area contributed by atoms with Gasteiger partial charge in [-0.1, -0.05) is 11.6 Å². The standard InChI is InChI=1S/C18H24ClN3O3/c1-3-20-16(23)12(2)21-17(24)13-8-10-22(11-9-13)18(25)14-4-6-15(19)7-5-14/h4-7,12-13H,3,8-11H2,1-2H3,(H,20,23)(H,21,24)/t12-/m1/s1. The van der Waals surface area contributed by atoms with Crippen LogP contribution in [0.4, 0.5) is 0 Å². The number of likely N-dealkylation sites (tertiary alicyclic amines) is 1. The zero-order chi connectivity index (χ0) is 18.4. The molecule has 1 saturated heterocycles. The predicted octanol–water partition coefficient (Wildman–Crippen LogP) is 1.83. The maximum Gasteiger partial charge on any atom is 0.253 e. The zero-order valence-electron chi connectivity index (χ0n) is 14.5. The fourth-order valence-electron chi connectivity index (χ4n) is 2.84. The summed E-state index contributed by atoms with van der Waals surface area (Å²) < 4.78 is 0. The van der Waals surface area contributed by atoms with Crippen molar-refractivity contribution < 1.29 is 14.4 Å². The van der Waals surface area contributed by atoms with E-state index in [0.717, 1.165) is 0 Å². The zero-order valence-corrected chi connectivity index (χ0v) is 15.3. The van der Waals surface area contributed by atoms with Crippen molar-refractivity contribution in [1.29, 1.82) is 0 Å². The summed E-state index contributed by atoms with van der Waals surface area (Å²) in [5.74, 6) is -0.541. The van der Waals surface area contributed by atoms with E-state index < -0.39 is 6.04 Å². The minimum Gasteiger partial charge on any atom is -0.355 e. The molecule has 1 aliphatic rings. The van der Waals surface area contributed by atoms with Crippen LogP contribution in [0, 0.1) is 5.92 Å². The van der Waals surface area contributed by atoms with E-state index in [1.54, 1.807) is 36.1 Å². The number of hydrogen-bond acceptors (Lipinski definition) is 3. The molecule has 2 rings (SSSR count). The number of hydrogen-bond donors (Lipinski definition) is 2. The SMILES string of the molecule is CCNC(=O)[C@@H](C)NC(=O)C1CCN(C(=O)c2ccc(Cl)cc2)CC1. The summed E-state index contributed by atoms with van der Waals surface area (Å²) in [5, 5.41) is 6.02. The highest BCUT2D eigenvalue weighted by molar-refractivity contribution is 6.30. The van der Waals surface area contributed by atoms with E-state index in [1.165, 1.54) is 0 Å². The molecule has 1 aromatic rings. The molecule has 0 bridgehead atoms. The van der Waals surface area contributed by atoms with Gasteiger partial charge in [0.05, 0.1) is 0 Å². The smallest absolute Gasteiger partial charge is 0.253 e. The van der Waals surface area contributed by atoms with Crippen molar-refractivity contribution in [2.75, 3.05) is 19.6 Å².